The lowest BCUT2D eigenvalue weighted by molar-refractivity contribution is -0.111. The van der Waals surface area contributed by atoms with Crippen molar-refractivity contribution in [3.8, 4) is 0 Å². The largest absolute Gasteiger partial charge is 0.355 e. The van der Waals surface area contributed by atoms with Crippen LogP contribution in [0.5, 0.6) is 0 Å². The Hall–Kier alpha value is -8.82. The SMILES string of the molecule is C/C=N/NC(=O)c1ccc(C(=O)NC)cc1.C/C=N/Nc1ccc(C(=O)NC)cn1.CNC(=O)c1ccc(C(=O)N/N=C/C(C)=O)cc1.CNC(=O)c1ccc(N/N=C/C(C)=O)nc1. The standard InChI is InChI=1S/C12H13N3O3.C11H13N3O2.C10H12N4O2.C9H12N4O/c1-8(16)7-14-15-12(18)10-5-3-9(4-6-10)11(17)13-2;1-3-13-14-11(16)9-6-4-8(5-7-9)10(15)12-2;1-7(15)5-13-14-9-4-3-8(6-12-9)10(16)11-2;1-3-12-13-8-5-4-7(6-11-8)9(14)10-2/h3-7H,1-2H3,(H,13,17)(H,15,18);3-7H,1-2H3,(H,12,15)(H,14,16);3-6H,1-2H3,(H,11,16)(H,12,14);3-6H,1-2H3,(H,10,14)(H,11,13)/b14-7+;13-3+;13-5+;12-3+. The number of carbonyl (C=O) groups is 8. The van der Waals surface area contributed by atoms with Gasteiger partial charge in [-0.3, -0.25) is 49.2 Å². The van der Waals surface area contributed by atoms with Crippen molar-refractivity contribution in [2.75, 3.05) is 39.0 Å². The van der Waals surface area contributed by atoms with Gasteiger partial charge in [-0.1, -0.05) is 0 Å². The highest BCUT2D eigenvalue weighted by atomic mass is 16.2. The number of hydrogen-bond donors (Lipinski definition) is 8. The number of rotatable bonds is 14. The minimum atomic E-state index is -0.448. The number of Topliss-reactive ketones (excluding diaryl/α,β-unsaturated/α-hetero) is 2. The van der Waals surface area contributed by atoms with E-state index in [2.05, 4.69) is 73.3 Å². The highest BCUT2D eigenvalue weighted by Crippen LogP contribution is 2.07. The fourth-order valence-electron chi connectivity index (χ4n) is 4.07. The Kier molecular flexibility index (Phi) is 25.1. The number of nitrogens with zero attached hydrogens (tertiary/aromatic N) is 6. The van der Waals surface area contributed by atoms with E-state index < -0.39 is 5.91 Å². The van der Waals surface area contributed by atoms with Gasteiger partial charge in [-0.2, -0.15) is 20.4 Å². The molecule has 0 aliphatic heterocycles. The maximum absolute atomic E-state index is 11.5. The van der Waals surface area contributed by atoms with Crippen LogP contribution < -0.4 is 43.0 Å². The molecule has 22 nitrogen and oxygen atoms in total. The molecule has 0 radical (unpaired) electrons. The van der Waals surface area contributed by atoms with E-state index in [0.29, 0.717) is 45.0 Å². The van der Waals surface area contributed by atoms with Crippen LogP contribution in [0.2, 0.25) is 0 Å². The lowest BCUT2D eigenvalue weighted by Crippen LogP contribution is -2.20. The summed E-state index contributed by atoms with van der Waals surface area (Å²) in [5.74, 6) is -0.859. The molecule has 0 fully saturated rings. The van der Waals surface area contributed by atoms with Gasteiger partial charge in [-0.15, -0.1) is 0 Å². The summed E-state index contributed by atoms with van der Waals surface area (Å²) in [6.45, 7) is 6.22. The summed E-state index contributed by atoms with van der Waals surface area (Å²) in [6.07, 6.45) is 8.17. The normalized spacial score (nSPS) is 10.1. The third-order valence-electron chi connectivity index (χ3n) is 7.22. The van der Waals surface area contributed by atoms with Gasteiger partial charge in [0.15, 0.2) is 11.6 Å². The van der Waals surface area contributed by atoms with E-state index >= 15 is 0 Å². The van der Waals surface area contributed by atoms with Crippen molar-refractivity contribution in [3.63, 3.8) is 0 Å². The highest BCUT2D eigenvalue weighted by Gasteiger charge is 2.08. The molecule has 2 heterocycles. The average Bonchev–Trinajstić information content (AvgIpc) is 3.32. The second-order valence-corrected chi connectivity index (χ2v) is 12.0. The predicted molar refractivity (Wildman–Crippen MR) is 244 cm³/mol. The van der Waals surface area contributed by atoms with Gasteiger partial charge >= 0.3 is 0 Å². The number of carbonyl (C=O) groups excluding carboxylic acids is 8. The van der Waals surface area contributed by atoms with Gasteiger partial charge < -0.3 is 21.3 Å². The van der Waals surface area contributed by atoms with Crippen LogP contribution in [0.1, 0.15) is 89.8 Å². The van der Waals surface area contributed by atoms with E-state index in [9.17, 15) is 38.4 Å². The van der Waals surface area contributed by atoms with Gasteiger partial charge in [0, 0.05) is 89.1 Å². The van der Waals surface area contributed by atoms with E-state index in [0.717, 1.165) is 12.4 Å². The van der Waals surface area contributed by atoms with E-state index in [-0.39, 0.29) is 41.1 Å². The third-order valence-corrected chi connectivity index (χ3v) is 7.22. The summed E-state index contributed by atoms with van der Waals surface area (Å²) in [4.78, 5) is 96.9. The number of pyridine rings is 2. The molecular formula is C42H50N14O8. The number of aromatic nitrogens is 2. The summed E-state index contributed by atoms with van der Waals surface area (Å²) in [5, 5.41) is 24.5. The first-order valence-corrected chi connectivity index (χ1v) is 18.8. The highest BCUT2D eigenvalue weighted by molar-refractivity contribution is 6.26. The number of hydrogen-bond acceptors (Lipinski definition) is 16. The summed E-state index contributed by atoms with van der Waals surface area (Å²) in [7, 11) is 6.21. The van der Waals surface area contributed by atoms with Gasteiger partial charge in [-0.05, 0) is 86.6 Å². The maximum atomic E-state index is 11.5. The second-order valence-electron chi connectivity index (χ2n) is 12.0. The van der Waals surface area contributed by atoms with Gasteiger partial charge in [-0.25, -0.2) is 20.8 Å². The van der Waals surface area contributed by atoms with Gasteiger partial charge in [0.25, 0.3) is 35.4 Å². The number of ketones is 2. The molecule has 0 bridgehead atoms. The molecule has 0 spiro atoms. The molecule has 4 rings (SSSR count). The molecule has 22 heteroatoms. The van der Waals surface area contributed by atoms with Crippen LogP contribution in [0.25, 0.3) is 0 Å². The fraction of sp³-hybridized carbons (Fsp3) is 0.190. The van der Waals surface area contributed by atoms with Crippen LogP contribution in [-0.4, -0.2) is 110 Å². The summed E-state index contributed by atoms with van der Waals surface area (Å²) in [5.41, 5.74) is 12.6. The van der Waals surface area contributed by atoms with Crippen molar-refractivity contribution in [3.05, 3.63) is 119 Å². The zero-order valence-corrected chi connectivity index (χ0v) is 36.3. The number of anilines is 2. The second kappa shape index (κ2) is 30.2. The van der Waals surface area contributed by atoms with Crippen LogP contribution in [0.15, 0.2) is 106 Å². The number of nitrogens with one attached hydrogen (secondary N) is 8. The lowest BCUT2D eigenvalue weighted by Gasteiger charge is -2.02. The first-order chi connectivity index (χ1) is 30.6. The molecule has 4 aromatic rings. The molecule has 0 aliphatic rings. The molecule has 64 heavy (non-hydrogen) atoms. The van der Waals surface area contributed by atoms with Crippen molar-refractivity contribution >= 4 is 83.5 Å². The van der Waals surface area contributed by atoms with Crippen LogP contribution >= 0.6 is 0 Å². The summed E-state index contributed by atoms with van der Waals surface area (Å²) >= 11 is 0. The first-order valence-electron chi connectivity index (χ1n) is 18.8. The van der Waals surface area contributed by atoms with Crippen LogP contribution in [0, 0.1) is 0 Å². The van der Waals surface area contributed by atoms with Crippen molar-refractivity contribution < 1.29 is 38.4 Å². The summed E-state index contributed by atoms with van der Waals surface area (Å²) < 4.78 is 0. The Bertz CT molecular complexity index is 2290. The molecule has 0 unspecified atom stereocenters. The lowest BCUT2D eigenvalue weighted by atomic mass is 10.1. The monoisotopic (exact) mass is 878 g/mol. The average molecular weight is 879 g/mol. The van der Waals surface area contributed by atoms with Crippen molar-refractivity contribution in [2.24, 2.45) is 20.4 Å². The molecule has 0 saturated heterocycles. The number of hydrazone groups is 4. The Morgan fingerprint density at radius 1 is 0.406 bits per heavy atom. The van der Waals surface area contributed by atoms with Gasteiger partial charge in [0.05, 0.1) is 23.6 Å². The third kappa shape index (κ3) is 20.9. The summed E-state index contributed by atoms with van der Waals surface area (Å²) in [6, 6.07) is 19.0. The van der Waals surface area contributed by atoms with Gasteiger partial charge in [0.1, 0.15) is 11.6 Å². The predicted octanol–water partition coefficient (Wildman–Crippen LogP) is 2.42. The van der Waals surface area contributed by atoms with Crippen LogP contribution in [-0.2, 0) is 9.59 Å². The maximum Gasteiger partial charge on any atom is 0.271 e. The smallest absolute Gasteiger partial charge is 0.271 e. The Labute approximate surface area is 369 Å². The van der Waals surface area contributed by atoms with Crippen molar-refractivity contribution in [2.45, 2.75) is 27.7 Å². The molecule has 0 aliphatic carbocycles. The molecular weight excluding hydrogens is 829 g/mol. The quantitative estimate of drug-likeness (QED) is 0.0669. The topological polar surface area (TPSA) is 308 Å². The molecule has 6 amide bonds. The first kappa shape index (κ1) is 53.2. The zero-order valence-electron chi connectivity index (χ0n) is 36.3. The molecule has 2 aromatic heterocycles. The fourth-order valence-corrected chi connectivity index (χ4v) is 4.07. The Morgan fingerprint density at radius 2 is 0.703 bits per heavy atom. The number of benzene rings is 2. The van der Waals surface area contributed by atoms with Gasteiger partial charge in [0.2, 0.25) is 0 Å². The zero-order chi connectivity index (χ0) is 47.9. The van der Waals surface area contributed by atoms with Crippen LogP contribution in [0.3, 0.4) is 0 Å². The minimum Gasteiger partial charge on any atom is -0.355 e. The minimum absolute atomic E-state index is 0.150. The van der Waals surface area contributed by atoms with E-state index in [4.69, 9.17) is 0 Å². The van der Waals surface area contributed by atoms with Crippen molar-refractivity contribution in [1.82, 2.24) is 42.1 Å². The van der Waals surface area contributed by atoms with E-state index in [1.807, 2.05) is 0 Å². The molecule has 336 valence electrons. The number of amides is 6. The van der Waals surface area contributed by atoms with Crippen molar-refractivity contribution in [1.29, 1.82) is 0 Å². The van der Waals surface area contributed by atoms with Crippen LogP contribution in [0.4, 0.5) is 11.6 Å². The Morgan fingerprint density at radius 3 is 1.02 bits per heavy atom. The van der Waals surface area contributed by atoms with E-state index in [1.165, 1.54) is 63.8 Å². The molecule has 0 saturated carbocycles. The molecule has 8 N–H and O–H groups in total. The Balaban J connectivity index is 0.000000428. The molecule has 2 aromatic carbocycles. The molecule has 0 atom stereocenters. The van der Waals surface area contributed by atoms with E-state index in [1.54, 1.807) is 89.7 Å².